The van der Waals surface area contributed by atoms with Crippen LogP contribution in [0.5, 0.6) is 0 Å². The van der Waals surface area contributed by atoms with Crippen molar-refractivity contribution in [2.45, 2.75) is 13.5 Å². The number of halogens is 2. The number of rotatable bonds is 1. The second-order valence-corrected chi connectivity index (χ2v) is 3.12. The molecule has 0 saturated heterocycles. The quantitative estimate of drug-likeness (QED) is 0.752. The molecule has 0 aliphatic carbocycles. The van der Waals surface area contributed by atoms with E-state index in [9.17, 15) is 0 Å². The van der Waals surface area contributed by atoms with Crippen molar-refractivity contribution in [3.8, 4) is 0 Å². The van der Waals surface area contributed by atoms with Crippen LogP contribution < -0.4 is 0 Å². The molecule has 0 spiro atoms. The molecule has 1 heterocycles. The van der Waals surface area contributed by atoms with Gasteiger partial charge in [-0.2, -0.15) is 0 Å². The highest BCUT2D eigenvalue weighted by atomic mass is 79.9. The molecule has 0 radical (unpaired) electrons. The van der Waals surface area contributed by atoms with E-state index in [1.807, 2.05) is 4.57 Å². The Labute approximate surface area is 70.5 Å². The molecule has 0 saturated carbocycles. The van der Waals surface area contributed by atoms with Gasteiger partial charge in [-0.25, -0.2) is 4.98 Å². The Morgan fingerprint density at radius 3 is 2.56 bits per heavy atom. The largest absolute Gasteiger partial charge is 0.314 e. The van der Waals surface area contributed by atoms with Gasteiger partial charge in [-0.15, -0.1) is 0 Å². The predicted molar refractivity (Wildman–Crippen MR) is 43.3 cm³/mol. The van der Waals surface area contributed by atoms with E-state index in [1.165, 1.54) is 0 Å². The molecule has 0 bridgehead atoms. The molecule has 0 aliphatic heterocycles. The molecule has 1 aromatic heterocycles. The maximum absolute atomic E-state index is 4.02. The van der Waals surface area contributed by atoms with Crippen molar-refractivity contribution in [3.05, 3.63) is 15.5 Å². The molecule has 4 heteroatoms. The minimum absolute atomic E-state index is 0.872. The van der Waals surface area contributed by atoms with E-state index < -0.39 is 0 Å². The van der Waals surface area contributed by atoms with Crippen molar-refractivity contribution < 1.29 is 0 Å². The molecule has 2 nitrogen and oxygen atoms in total. The number of hydrogen-bond acceptors (Lipinski definition) is 1. The maximum atomic E-state index is 4.02. The number of nitrogens with zero attached hydrogens (tertiary/aromatic N) is 2. The van der Waals surface area contributed by atoms with E-state index in [2.05, 4.69) is 43.8 Å². The molecular formula is C5H6Br2N2. The summed E-state index contributed by atoms with van der Waals surface area (Å²) in [6.45, 7) is 3.00. The van der Waals surface area contributed by atoms with Crippen LogP contribution in [0.25, 0.3) is 0 Å². The monoisotopic (exact) mass is 252 g/mol. The molecule has 1 rings (SSSR count). The Bertz CT molecular complexity index is 187. The Morgan fingerprint density at radius 1 is 1.67 bits per heavy atom. The third-order valence-corrected chi connectivity index (χ3v) is 2.34. The Morgan fingerprint density at radius 2 is 2.33 bits per heavy atom. The van der Waals surface area contributed by atoms with Crippen LogP contribution in [-0.4, -0.2) is 9.55 Å². The van der Waals surface area contributed by atoms with Gasteiger partial charge in [0.15, 0.2) is 4.73 Å². The highest BCUT2D eigenvalue weighted by Gasteiger charge is 2.00. The molecule has 0 aromatic carbocycles. The van der Waals surface area contributed by atoms with Gasteiger partial charge in [-0.1, -0.05) is 0 Å². The predicted octanol–water partition coefficient (Wildman–Crippen LogP) is 2.43. The first kappa shape index (κ1) is 7.28. The van der Waals surface area contributed by atoms with Crippen LogP contribution >= 0.6 is 31.9 Å². The first-order valence-electron chi connectivity index (χ1n) is 2.62. The van der Waals surface area contributed by atoms with E-state index in [-0.39, 0.29) is 0 Å². The minimum Gasteiger partial charge on any atom is -0.314 e. The van der Waals surface area contributed by atoms with Gasteiger partial charge >= 0.3 is 0 Å². The zero-order valence-electron chi connectivity index (χ0n) is 4.93. The lowest BCUT2D eigenvalue weighted by atomic mass is 10.7. The maximum Gasteiger partial charge on any atom is 0.177 e. The van der Waals surface area contributed by atoms with E-state index in [1.54, 1.807) is 6.20 Å². The van der Waals surface area contributed by atoms with Gasteiger partial charge in [-0.05, 0) is 38.8 Å². The summed E-state index contributed by atoms with van der Waals surface area (Å²) >= 11 is 6.65. The fraction of sp³-hybridized carbons (Fsp3) is 0.400. The lowest BCUT2D eigenvalue weighted by Crippen LogP contribution is -1.93. The van der Waals surface area contributed by atoms with Gasteiger partial charge in [0.1, 0.15) is 4.60 Å². The Hall–Kier alpha value is 0.170. The Balaban J connectivity index is 3.07. The first-order valence-corrected chi connectivity index (χ1v) is 4.20. The average Bonchev–Trinajstić information content (AvgIpc) is 2.12. The van der Waals surface area contributed by atoms with E-state index >= 15 is 0 Å². The minimum atomic E-state index is 0.872. The van der Waals surface area contributed by atoms with Gasteiger partial charge in [0.05, 0.1) is 6.20 Å². The molecule has 9 heavy (non-hydrogen) atoms. The molecule has 0 N–H and O–H groups in total. The van der Waals surface area contributed by atoms with E-state index in [4.69, 9.17) is 0 Å². The van der Waals surface area contributed by atoms with Crippen LogP contribution in [0.3, 0.4) is 0 Å². The van der Waals surface area contributed by atoms with Gasteiger partial charge < -0.3 is 4.57 Å². The van der Waals surface area contributed by atoms with Gasteiger partial charge in [0.2, 0.25) is 0 Å². The van der Waals surface area contributed by atoms with E-state index in [0.29, 0.717) is 0 Å². The van der Waals surface area contributed by atoms with Crippen molar-refractivity contribution in [1.29, 1.82) is 0 Å². The zero-order valence-corrected chi connectivity index (χ0v) is 8.11. The molecule has 0 aliphatic rings. The summed E-state index contributed by atoms with van der Waals surface area (Å²) in [5, 5.41) is 0. The zero-order chi connectivity index (χ0) is 6.85. The second kappa shape index (κ2) is 2.84. The topological polar surface area (TPSA) is 17.8 Å². The second-order valence-electron chi connectivity index (χ2n) is 1.59. The molecule has 0 unspecified atom stereocenters. The fourth-order valence-electron chi connectivity index (χ4n) is 0.616. The number of aromatic nitrogens is 2. The summed E-state index contributed by atoms with van der Waals surface area (Å²) in [5.41, 5.74) is 0. The summed E-state index contributed by atoms with van der Waals surface area (Å²) < 4.78 is 3.90. The molecule has 0 atom stereocenters. The highest BCUT2D eigenvalue weighted by Crippen LogP contribution is 2.15. The summed E-state index contributed by atoms with van der Waals surface area (Å²) in [7, 11) is 0. The molecule has 0 amide bonds. The van der Waals surface area contributed by atoms with Crippen molar-refractivity contribution in [2.24, 2.45) is 0 Å². The smallest absolute Gasteiger partial charge is 0.177 e. The third-order valence-electron chi connectivity index (χ3n) is 1.07. The summed E-state index contributed by atoms with van der Waals surface area (Å²) in [4.78, 5) is 4.02. The first-order chi connectivity index (χ1) is 4.25. The summed E-state index contributed by atoms with van der Waals surface area (Å²) in [5.74, 6) is 0. The van der Waals surface area contributed by atoms with Crippen LogP contribution in [0.2, 0.25) is 0 Å². The molecular weight excluding hydrogens is 248 g/mol. The lowest BCUT2D eigenvalue weighted by molar-refractivity contribution is 0.726. The fourth-order valence-corrected chi connectivity index (χ4v) is 1.92. The van der Waals surface area contributed by atoms with Crippen molar-refractivity contribution >= 4 is 31.9 Å². The average molecular weight is 254 g/mol. The van der Waals surface area contributed by atoms with Crippen LogP contribution in [0.1, 0.15) is 6.92 Å². The van der Waals surface area contributed by atoms with Crippen LogP contribution in [0, 0.1) is 0 Å². The van der Waals surface area contributed by atoms with Crippen molar-refractivity contribution in [2.75, 3.05) is 0 Å². The van der Waals surface area contributed by atoms with Crippen molar-refractivity contribution in [1.82, 2.24) is 9.55 Å². The van der Waals surface area contributed by atoms with E-state index in [0.717, 1.165) is 15.9 Å². The number of imidazole rings is 1. The van der Waals surface area contributed by atoms with Gasteiger partial charge in [-0.3, -0.25) is 0 Å². The summed E-state index contributed by atoms with van der Waals surface area (Å²) in [6.07, 6.45) is 1.77. The highest BCUT2D eigenvalue weighted by molar-refractivity contribution is 9.11. The normalized spacial score (nSPS) is 10.1. The lowest BCUT2D eigenvalue weighted by Gasteiger charge is -1.97. The van der Waals surface area contributed by atoms with Gasteiger partial charge in [0, 0.05) is 6.54 Å². The van der Waals surface area contributed by atoms with Crippen LogP contribution in [-0.2, 0) is 6.54 Å². The number of hydrogen-bond donors (Lipinski definition) is 0. The molecule has 0 fully saturated rings. The summed E-state index contributed by atoms with van der Waals surface area (Å²) in [6, 6.07) is 0. The Kier molecular flexibility index (Phi) is 2.29. The van der Waals surface area contributed by atoms with Crippen LogP contribution in [0.15, 0.2) is 15.5 Å². The van der Waals surface area contributed by atoms with Crippen molar-refractivity contribution in [3.63, 3.8) is 0 Å². The molecule has 50 valence electrons. The van der Waals surface area contributed by atoms with Gasteiger partial charge in [0.25, 0.3) is 0 Å². The standard InChI is InChI=1S/C5H6Br2N2/c1-2-9-4(6)3-8-5(9)7/h3H,2H2,1H3. The third kappa shape index (κ3) is 1.35. The van der Waals surface area contributed by atoms with Crippen LogP contribution in [0.4, 0.5) is 0 Å². The molecule has 1 aromatic rings. The SMILES string of the molecule is CCn1c(Br)cnc1Br.